The SMILES string of the molecule is C=Cc1cccc(OC)c1CO[Si](C)(C)C(C)(C)C. The van der Waals surface area contributed by atoms with E-state index in [-0.39, 0.29) is 5.04 Å². The second kappa shape index (κ2) is 5.93. The van der Waals surface area contributed by atoms with Gasteiger partial charge in [0.05, 0.1) is 13.7 Å². The lowest BCUT2D eigenvalue weighted by atomic mass is 10.1. The number of ether oxygens (including phenoxy) is 1. The molecule has 0 fully saturated rings. The molecule has 0 N–H and O–H groups in total. The Labute approximate surface area is 118 Å². The van der Waals surface area contributed by atoms with Gasteiger partial charge in [-0.2, -0.15) is 0 Å². The van der Waals surface area contributed by atoms with Crippen molar-refractivity contribution in [2.24, 2.45) is 0 Å². The third kappa shape index (κ3) is 3.70. The average molecular weight is 278 g/mol. The fourth-order valence-electron chi connectivity index (χ4n) is 1.59. The molecule has 0 heterocycles. The van der Waals surface area contributed by atoms with Crippen molar-refractivity contribution in [2.45, 2.75) is 45.5 Å². The molecule has 3 heteroatoms. The molecular weight excluding hydrogens is 252 g/mol. The summed E-state index contributed by atoms with van der Waals surface area (Å²) in [4.78, 5) is 0. The topological polar surface area (TPSA) is 18.5 Å². The van der Waals surface area contributed by atoms with Gasteiger partial charge in [0.2, 0.25) is 0 Å². The van der Waals surface area contributed by atoms with Crippen molar-refractivity contribution in [1.29, 1.82) is 0 Å². The maximum absolute atomic E-state index is 6.28. The quantitative estimate of drug-likeness (QED) is 0.716. The van der Waals surface area contributed by atoms with Gasteiger partial charge in [-0.1, -0.05) is 45.6 Å². The summed E-state index contributed by atoms with van der Waals surface area (Å²) in [5.41, 5.74) is 2.17. The van der Waals surface area contributed by atoms with Crippen LogP contribution >= 0.6 is 0 Å². The largest absolute Gasteiger partial charge is 0.496 e. The molecule has 0 spiro atoms. The van der Waals surface area contributed by atoms with E-state index in [2.05, 4.69) is 40.4 Å². The van der Waals surface area contributed by atoms with Crippen LogP contribution in [0.3, 0.4) is 0 Å². The predicted molar refractivity (Wildman–Crippen MR) is 85.1 cm³/mol. The van der Waals surface area contributed by atoms with Crippen LogP contribution in [0.15, 0.2) is 24.8 Å². The predicted octanol–water partition coefficient (Wildman–Crippen LogP) is 4.86. The summed E-state index contributed by atoms with van der Waals surface area (Å²) in [6.07, 6.45) is 1.85. The second-order valence-electron chi connectivity index (χ2n) is 6.28. The van der Waals surface area contributed by atoms with E-state index in [1.54, 1.807) is 7.11 Å². The summed E-state index contributed by atoms with van der Waals surface area (Å²) in [7, 11) is -0.0564. The lowest BCUT2D eigenvalue weighted by molar-refractivity contribution is 0.269. The molecule has 19 heavy (non-hydrogen) atoms. The fourth-order valence-corrected chi connectivity index (χ4v) is 2.53. The lowest BCUT2D eigenvalue weighted by Gasteiger charge is -2.36. The molecule has 1 rings (SSSR count). The van der Waals surface area contributed by atoms with Crippen LogP contribution in [0.2, 0.25) is 18.1 Å². The van der Waals surface area contributed by atoms with Gasteiger partial charge in [0.1, 0.15) is 5.75 Å². The minimum Gasteiger partial charge on any atom is -0.496 e. The first kappa shape index (κ1) is 16.0. The third-order valence-electron chi connectivity index (χ3n) is 3.99. The molecule has 0 atom stereocenters. The Kier molecular flexibility index (Phi) is 4.99. The molecule has 0 saturated carbocycles. The van der Waals surface area contributed by atoms with Crippen molar-refractivity contribution in [1.82, 2.24) is 0 Å². The van der Waals surface area contributed by atoms with Crippen molar-refractivity contribution >= 4 is 14.4 Å². The van der Waals surface area contributed by atoms with E-state index in [4.69, 9.17) is 9.16 Å². The van der Waals surface area contributed by atoms with E-state index in [9.17, 15) is 0 Å². The van der Waals surface area contributed by atoms with Crippen molar-refractivity contribution < 1.29 is 9.16 Å². The van der Waals surface area contributed by atoms with Gasteiger partial charge in [-0.25, -0.2) is 0 Å². The van der Waals surface area contributed by atoms with Gasteiger partial charge in [-0.3, -0.25) is 0 Å². The summed E-state index contributed by atoms with van der Waals surface area (Å²) in [5, 5.41) is 0.212. The highest BCUT2D eigenvalue weighted by Gasteiger charge is 2.37. The normalized spacial score (nSPS) is 12.3. The zero-order chi connectivity index (χ0) is 14.7. The van der Waals surface area contributed by atoms with Gasteiger partial charge in [0.25, 0.3) is 0 Å². The van der Waals surface area contributed by atoms with Gasteiger partial charge in [0, 0.05) is 5.56 Å². The van der Waals surface area contributed by atoms with Crippen LogP contribution in [0.1, 0.15) is 31.9 Å². The van der Waals surface area contributed by atoms with E-state index in [1.165, 1.54) is 0 Å². The summed E-state index contributed by atoms with van der Waals surface area (Å²) in [5.74, 6) is 0.871. The average Bonchev–Trinajstić information content (AvgIpc) is 2.34. The zero-order valence-electron chi connectivity index (χ0n) is 13.0. The zero-order valence-corrected chi connectivity index (χ0v) is 14.0. The lowest BCUT2D eigenvalue weighted by Crippen LogP contribution is -2.40. The molecule has 0 radical (unpaired) electrons. The number of rotatable bonds is 5. The van der Waals surface area contributed by atoms with Crippen LogP contribution in [0, 0.1) is 0 Å². The molecule has 1 aromatic carbocycles. The smallest absolute Gasteiger partial charge is 0.192 e. The van der Waals surface area contributed by atoms with E-state index in [0.717, 1.165) is 16.9 Å². The van der Waals surface area contributed by atoms with Gasteiger partial charge in [0.15, 0.2) is 8.32 Å². The highest BCUT2D eigenvalue weighted by Crippen LogP contribution is 2.38. The van der Waals surface area contributed by atoms with E-state index in [0.29, 0.717) is 6.61 Å². The van der Waals surface area contributed by atoms with E-state index < -0.39 is 8.32 Å². The maximum atomic E-state index is 6.28. The van der Waals surface area contributed by atoms with Crippen LogP contribution in [-0.2, 0) is 11.0 Å². The Morgan fingerprint density at radius 1 is 1.26 bits per heavy atom. The van der Waals surface area contributed by atoms with Crippen molar-refractivity contribution in [2.75, 3.05) is 7.11 Å². The molecule has 0 unspecified atom stereocenters. The van der Waals surface area contributed by atoms with Gasteiger partial charge in [-0.15, -0.1) is 0 Å². The molecule has 0 aliphatic rings. The molecule has 0 aromatic heterocycles. The van der Waals surface area contributed by atoms with Gasteiger partial charge in [-0.05, 0) is 29.8 Å². The van der Waals surface area contributed by atoms with Crippen LogP contribution in [0.5, 0.6) is 5.75 Å². The van der Waals surface area contributed by atoms with Crippen LogP contribution < -0.4 is 4.74 Å². The van der Waals surface area contributed by atoms with Crippen LogP contribution in [0.4, 0.5) is 0 Å². The van der Waals surface area contributed by atoms with E-state index >= 15 is 0 Å². The minimum absolute atomic E-state index is 0.212. The number of methoxy groups -OCH3 is 1. The molecule has 0 aliphatic carbocycles. The number of benzene rings is 1. The first-order chi connectivity index (χ1) is 8.73. The number of hydrogen-bond donors (Lipinski definition) is 0. The number of hydrogen-bond acceptors (Lipinski definition) is 2. The maximum Gasteiger partial charge on any atom is 0.192 e. The van der Waals surface area contributed by atoms with Crippen molar-refractivity contribution in [3.05, 3.63) is 35.9 Å². The molecule has 1 aromatic rings. The third-order valence-corrected chi connectivity index (χ3v) is 8.47. The molecule has 0 amide bonds. The standard InChI is InChI=1S/C16H26O2Si/c1-8-13-10-9-11-15(17-5)14(13)12-18-19(6,7)16(2,3)4/h8-11H,1,12H2,2-7H3. The summed E-state index contributed by atoms with van der Waals surface area (Å²) in [6, 6.07) is 5.99. The molecule has 0 bridgehead atoms. The van der Waals surface area contributed by atoms with Crippen LogP contribution in [-0.4, -0.2) is 15.4 Å². The Morgan fingerprint density at radius 2 is 1.89 bits per heavy atom. The summed E-state index contributed by atoms with van der Waals surface area (Å²) < 4.78 is 11.7. The Morgan fingerprint density at radius 3 is 2.37 bits per heavy atom. The summed E-state index contributed by atoms with van der Waals surface area (Å²) >= 11 is 0. The minimum atomic E-state index is -1.75. The Bertz CT molecular complexity index is 445. The Hall–Kier alpha value is -1.06. The highest BCUT2D eigenvalue weighted by atomic mass is 28.4. The molecule has 106 valence electrons. The van der Waals surface area contributed by atoms with Gasteiger partial charge < -0.3 is 9.16 Å². The highest BCUT2D eigenvalue weighted by molar-refractivity contribution is 6.74. The first-order valence-electron chi connectivity index (χ1n) is 6.65. The Balaban J connectivity index is 2.97. The second-order valence-corrected chi connectivity index (χ2v) is 11.1. The fraction of sp³-hybridized carbons (Fsp3) is 0.500. The molecule has 0 saturated heterocycles. The monoisotopic (exact) mass is 278 g/mol. The van der Waals surface area contributed by atoms with Gasteiger partial charge >= 0.3 is 0 Å². The molecule has 2 nitrogen and oxygen atoms in total. The van der Waals surface area contributed by atoms with Crippen LogP contribution in [0.25, 0.3) is 6.08 Å². The molecule has 0 aliphatic heterocycles. The van der Waals surface area contributed by atoms with Crippen molar-refractivity contribution in [3.8, 4) is 5.75 Å². The summed E-state index contributed by atoms with van der Waals surface area (Å²) in [6.45, 7) is 15.7. The van der Waals surface area contributed by atoms with E-state index in [1.807, 2.05) is 24.3 Å². The molecular formula is C16H26O2Si. The van der Waals surface area contributed by atoms with Crippen molar-refractivity contribution in [3.63, 3.8) is 0 Å². The first-order valence-corrected chi connectivity index (χ1v) is 9.56.